The Hall–Kier alpha value is -2.54. The predicted molar refractivity (Wildman–Crippen MR) is 96.2 cm³/mol. The first-order chi connectivity index (χ1) is 11.7. The van der Waals surface area contributed by atoms with Crippen molar-refractivity contribution >= 4 is 17.5 Å². The van der Waals surface area contributed by atoms with Crippen LogP contribution in [0.15, 0.2) is 24.5 Å². The number of aromatic nitrogens is 3. The molecule has 2 aromatic rings. The van der Waals surface area contributed by atoms with Crippen LogP contribution in [-0.4, -0.2) is 39.1 Å². The number of carbonyl (C=O) groups excluding carboxylic acids is 1. The average Bonchev–Trinajstić information content (AvgIpc) is 2.53. The molecule has 1 aliphatic rings. The number of anilines is 2. The SMILES string of the molecule is CC(C)CN1CC(=O)Nc2ncc(-c3ccc(C(C)(C)O)nc3)nc21. The van der Waals surface area contributed by atoms with E-state index in [4.69, 9.17) is 4.98 Å². The summed E-state index contributed by atoms with van der Waals surface area (Å²) in [4.78, 5) is 27.2. The third-order valence-corrected chi connectivity index (χ3v) is 3.92. The van der Waals surface area contributed by atoms with Gasteiger partial charge in [-0.25, -0.2) is 9.97 Å². The molecular formula is C18H23N5O2. The summed E-state index contributed by atoms with van der Waals surface area (Å²) in [5.41, 5.74) is 1.09. The summed E-state index contributed by atoms with van der Waals surface area (Å²) in [6.07, 6.45) is 3.30. The van der Waals surface area contributed by atoms with Gasteiger partial charge in [0.2, 0.25) is 5.91 Å². The molecule has 7 nitrogen and oxygen atoms in total. The van der Waals surface area contributed by atoms with Gasteiger partial charge in [0.15, 0.2) is 11.6 Å². The van der Waals surface area contributed by atoms with Crippen molar-refractivity contribution in [3.63, 3.8) is 0 Å². The first-order valence-corrected chi connectivity index (χ1v) is 8.35. The zero-order valence-electron chi connectivity index (χ0n) is 14.9. The van der Waals surface area contributed by atoms with E-state index in [1.165, 1.54) is 0 Å². The van der Waals surface area contributed by atoms with E-state index in [-0.39, 0.29) is 12.5 Å². The van der Waals surface area contributed by atoms with Gasteiger partial charge < -0.3 is 15.3 Å². The number of hydrogen-bond donors (Lipinski definition) is 2. The van der Waals surface area contributed by atoms with Crippen molar-refractivity contribution in [3.05, 3.63) is 30.2 Å². The number of hydrogen-bond acceptors (Lipinski definition) is 6. The molecule has 0 saturated heterocycles. The predicted octanol–water partition coefficient (Wildman–Crippen LogP) is 2.18. The highest BCUT2D eigenvalue weighted by atomic mass is 16.3. The standard InChI is InChI=1S/C18H23N5O2/c1-11(2)9-23-10-15(24)22-16-17(23)21-13(8-20-16)12-5-6-14(19-7-12)18(3,4)25/h5-8,11,25H,9-10H2,1-4H3,(H,20,22,24). The highest BCUT2D eigenvalue weighted by Crippen LogP contribution is 2.29. The Labute approximate surface area is 147 Å². The minimum atomic E-state index is -0.988. The average molecular weight is 341 g/mol. The zero-order valence-corrected chi connectivity index (χ0v) is 14.9. The summed E-state index contributed by atoms with van der Waals surface area (Å²) in [7, 11) is 0. The third kappa shape index (κ3) is 3.76. The van der Waals surface area contributed by atoms with Crippen molar-refractivity contribution in [1.29, 1.82) is 0 Å². The van der Waals surface area contributed by atoms with E-state index in [2.05, 4.69) is 29.1 Å². The molecule has 0 unspecified atom stereocenters. The van der Waals surface area contributed by atoms with Gasteiger partial charge in [-0.05, 0) is 31.9 Å². The van der Waals surface area contributed by atoms with Crippen molar-refractivity contribution in [1.82, 2.24) is 15.0 Å². The van der Waals surface area contributed by atoms with Gasteiger partial charge in [0.25, 0.3) is 0 Å². The number of nitrogens with one attached hydrogen (secondary N) is 1. The minimum absolute atomic E-state index is 0.0774. The van der Waals surface area contributed by atoms with E-state index < -0.39 is 5.60 Å². The maximum Gasteiger partial charge on any atom is 0.245 e. The largest absolute Gasteiger partial charge is 0.384 e. The van der Waals surface area contributed by atoms with E-state index >= 15 is 0 Å². The van der Waals surface area contributed by atoms with Crippen molar-refractivity contribution in [2.45, 2.75) is 33.3 Å². The number of rotatable bonds is 4. The maximum atomic E-state index is 11.8. The number of aliphatic hydroxyl groups is 1. The molecule has 132 valence electrons. The molecule has 2 aromatic heterocycles. The van der Waals surface area contributed by atoms with Gasteiger partial charge >= 0.3 is 0 Å². The second kappa shape index (κ2) is 6.40. The third-order valence-electron chi connectivity index (χ3n) is 3.92. The number of amides is 1. The van der Waals surface area contributed by atoms with E-state index in [9.17, 15) is 9.90 Å². The van der Waals surface area contributed by atoms with E-state index in [0.717, 1.165) is 12.1 Å². The monoisotopic (exact) mass is 341 g/mol. The highest BCUT2D eigenvalue weighted by Gasteiger charge is 2.26. The van der Waals surface area contributed by atoms with Crippen LogP contribution in [0.2, 0.25) is 0 Å². The second-order valence-electron chi connectivity index (χ2n) is 7.24. The van der Waals surface area contributed by atoms with Crippen LogP contribution in [0.3, 0.4) is 0 Å². The van der Waals surface area contributed by atoms with Gasteiger partial charge in [0.1, 0.15) is 5.60 Å². The Kier molecular flexibility index (Phi) is 4.43. The lowest BCUT2D eigenvalue weighted by Gasteiger charge is -2.30. The van der Waals surface area contributed by atoms with Crippen LogP contribution >= 0.6 is 0 Å². The molecule has 0 atom stereocenters. The van der Waals surface area contributed by atoms with Crippen molar-refractivity contribution < 1.29 is 9.90 Å². The summed E-state index contributed by atoms with van der Waals surface area (Å²) in [5.74, 6) is 1.49. The molecule has 0 spiro atoms. The molecule has 2 N–H and O–H groups in total. The summed E-state index contributed by atoms with van der Waals surface area (Å²) in [6, 6.07) is 3.65. The van der Waals surface area contributed by atoms with Gasteiger partial charge in [-0.3, -0.25) is 9.78 Å². The van der Waals surface area contributed by atoms with Gasteiger partial charge in [-0.15, -0.1) is 0 Å². The van der Waals surface area contributed by atoms with Crippen molar-refractivity contribution in [3.8, 4) is 11.3 Å². The van der Waals surface area contributed by atoms with Crippen LogP contribution in [0.5, 0.6) is 0 Å². The summed E-state index contributed by atoms with van der Waals surface area (Å²) in [5, 5.41) is 12.8. The van der Waals surface area contributed by atoms with Gasteiger partial charge in [0, 0.05) is 18.3 Å². The molecule has 3 rings (SSSR count). The first-order valence-electron chi connectivity index (χ1n) is 8.35. The Morgan fingerprint density at radius 2 is 2.04 bits per heavy atom. The number of pyridine rings is 1. The first kappa shape index (κ1) is 17.3. The van der Waals surface area contributed by atoms with E-state index in [1.54, 1.807) is 32.3 Å². The zero-order chi connectivity index (χ0) is 18.2. The van der Waals surface area contributed by atoms with Crippen LogP contribution in [0, 0.1) is 5.92 Å². The Morgan fingerprint density at radius 3 is 2.64 bits per heavy atom. The van der Waals surface area contributed by atoms with Crippen molar-refractivity contribution in [2.75, 3.05) is 23.3 Å². The molecular weight excluding hydrogens is 318 g/mol. The maximum absolute atomic E-state index is 11.8. The highest BCUT2D eigenvalue weighted by molar-refractivity contribution is 5.99. The number of fused-ring (bicyclic) bond motifs is 1. The molecule has 0 radical (unpaired) electrons. The lowest BCUT2D eigenvalue weighted by molar-refractivity contribution is -0.115. The molecule has 0 saturated carbocycles. The molecule has 0 fully saturated rings. The summed E-state index contributed by atoms with van der Waals surface area (Å²) in [6.45, 7) is 8.60. The Morgan fingerprint density at radius 1 is 1.28 bits per heavy atom. The minimum Gasteiger partial charge on any atom is -0.384 e. The van der Waals surface area contributed by atoms with Crippen LogP contribution < -0.4 is 10.2 Å². The van der Waals surface area contributed by atoms with Crippen LogP contribution in [0.1, 0.15) is 33.4 Å². The molecule has 7 heteroatoms. The molecule has 1 amide bonds. The second-order valence-corrected chi connectivity index (χ2v) is 7.24. The summed E-state index contributed by atoms with van der Waals surface area (Å²) < 4.78 is 0. The molecule has 0 bridgehead atoms. The fourth-order valence-electron chi connectivity index (χ4n) is 2.75. The number of nitrogens with zero attached hydrogens (tertiary/aromatic N) is 4. The van der Waals surface area contributed by atoms with E-state index in [0.29, 0.717) is 28.9 Å². The van der Waals surface area contributed by atoms with Gasteiger partial charge in [-0.1, -0.05) is 13.8 Å². The molecule has 0 aliphatic carbocycles. The van der Waals surface area contributed by atoms with Crippen LogP contribution in [-0.2, 0) is 10.4 Å². The van der Waals surface area contributed by atoms with E-state index in [1.807, 2.05) is 11.0 Å². The molecule has 25 heavy (non-hydrogen) atoms. The van der Waals surface area contributed by atoms with Crippen LogP contribution in [0.4, 0.5) is 11.6 Å². The van der Waals surface area contributed by atoms with Gasteiger partial charge in [0.05, 0.1) is 24.1 Å². The topological polar surface area (TPSA) is 91.2 Å². The molecule has 3 heterocycles. The quantitative estimate of drug-likeness (QED) is 0.886. The Bertz CT molecular complexity index is 781. The fourth-order valence-corrected chi connectivity index (χ4v) is 2.75. The molecule has 1 aliphatic heterocycles. The normalized spacial score (nSPS) is 14.5. The van der Waals surface area contributed by atoms with Gasteiger partial charge in [-0.2, -0.15) is 0 Å². The lowest BCUT2D eigenvalue weighted by atomic mass is 10.0. The molecule has 0 aromatic carbocycles. The number of carbonyl (C=O) groups is 1. The smallest absolute Gasteiger partial charge is 0.245 e. The summed E-state index contributed by atoms with van der Waals surface area (Å²) >= 11 is 0. The van der Waals surface area contributed by atoms with Crippen molar-refractivity contribution in [2.24, 2.45) is 5.92 Å². The Balaban J connectivity index is 1.95. The lowest BCUT2D eigenvalue weighted by Crippen LogP contribution is -2.41. The fraction of sp³-hybridized carbons (Fsp3) is 0.444. The van der Waals surface area contributed by atoms with Crippen LogP contribution in [0.25, 0.3) is 11.3 Å².